The van der Waals surface area contributed by atoms with E-state index in [9.17, 15) is 4.79 Å². The van der Waals surface area contributed by atoms with Gasteiger partial charge in [0.05, 0.1) is 0 Å². The molecule has 0 aliphatic heterocycles. The van der Waals surface area contributed by atoms with Crippen molar-refractivity contribution in [3.63, 3.8) is 0 Å². The molecule has 0 bridgehead atoms. The molecule has 3 nitrogen and oxygen atoms in total. The first-order valence-electron chi connectivity index (χ1n) is 5.57. The molecule has 0 saturated heterocycles. The Bertz CT molecular complexity index is 572. The zero-order valence-corrected chi connectivity index (χ0v) is 11.1. The molecule has 0 fully saturated rings. The van der Waals surface area contributed by atoms with Crippen molar-refractivity contribution in [3.8, 4) is 5.75 Å². The third kappa shape index (κ3) is 2.71. The van der Waals surface area contributed by atoms with Crippen LogP contribution in [0.15, 0.2) is 29.6 Å². The monoisotopic (exact) mass is 262 g/mol. The Labute approximate surface area is 110 Å². The lowest BCUT2D eigenvalue weighted by Gasteiger charge is -2.09. The molecule has 2 rings (SSSR count). The number of thiophene rings is 1. The highest BCUT2D eigenvalue weighted by Gasteiger charge is 2.13. The highest BCUT2D eigenvalue weighted by atomic mass is 32.1. The van der Waals surface area contributed by atoms with Crippen LogP contribution in [0.2, 0.25) is 0 Å². The van der Waals surface area contributed by atoms with E-state index in [2.05, 4.69) is 6.07 Å². The molecule has 0 unspecified atom stereocenters. The van der Waals surface area contributed by atoms with Gasteiger partial charge in [0.1, 0.15) is 12.4 Å². The van der Waals surface area contributed by atoms with Crippen molar-refractivity contribution in [2.24, 2.45) is 0 Å². The maximum absolute atomic E-state index is 10.9. The molecule has 1 heterocycles. The van der Waals surface area contributed by atoms with E-state index >= 15 is 0 Å². The van der Waals surface area contributed by atoms with Gasteiger partial charge in [0.25, 0.3) is 0 Å². The van der Waals surface area contributed by atoms with Crippen LogP contribution in [0.3, 0.4) is 0 Å². The molecule has 94 valence electrons. The SMILES string of the molecule is Cc1ccc(C)c(COc2ccsc2C(=O)O)c1. The molecule has 18 heavy (non-hydrogen) atoms. The summed E-state index contributed by atoms with van der Waals surface area (Å²) in [6.07, 6.45) is 0. The molecule has 0 spiro atoms. The Hall–Kier alpha value is -1.81. The van der Waals surface area contributed by atoms with E-state index in [1.165, 1.54) is 16.9 Å². The van der Waals surface area contributed by atoms with Gasteiger partial charge in [0, 0.05) is 0 Å². The number of benzene rings is 1. The predicted molar refractivity (Wildman–Crippen MR) is 71.5 cm³/mol. The van der Waals surface area contributed by atoms with Crippen LogP contribution in [0.5, 0.6) is 5.75 Å². The highest BCUT2D eigenvalue weighted by Crippen LogP contribution is 2.26. The van der Waals surface area contributed by atoms with E-state index in [0.29, 0.717) is 12.4 Å². The van der Waals surface area contributed by atoms with Gasteiger partial charge in [0.15, 0.2) is 4.88 Å². The minimum absolute atomic E-state index is 0.250. The number of aromatic carboxylic acids is 1. The Morgan fingerprint density at radius 1 is 1.33 bits per heavy atom. The topological polar surface area (TPSA) is 46.5 Å². The average molecular weight is 262 g/mol. The van der Waals surface area contributed by atoms with Crippen molar-refractivity contribution in [1.29, 1.82) is 0 Å². The van der Waals surface area contributed by atoms with E-state index in [0.717, 1.165) is 11.1 Å². The Morgan fingerprint density at radius 2 is 2.11 bits per heavy atom. The molecular formula is C14H14O3S. The Morgan fingerprint density at radius 3 is 2.83 bits per heavy atom. The van der Waals surface area contributed by atoms with E-state index in [1.54, 1.807) is 11.4 Å². The first-order chi connectivity index (χ1) is 8.58. The number of carbonyl (C=O) groups is 1. The molecule has 0 amide bonds. The van der Waals surface area contributed by atoms with Gasteiger partial charge >= 0.3 is 5.97 Å². The first-order valence-corrected chi connectivity index (χ1v) is 6.45. The summed E-state index contributed by atoms with van der Waals surface area (Å²) in [6.45, 7) is 4.44. The molecule has 0 aliphatic carbocycles. The summed E-state index contributed by atoms with van der Waals surface area (Å²) in [4.78, 5) is 11.2. The van der Waals surface area contributed by atoms with Crippen LogP contribution in [0, 0.1) is 13.8 Å². The molecule has 0 radical (unpaired) electrons. The minimum atomic E-state index is -0.944. The normalized spacial score (nSPS) is 10.3. The summed E-state index contributed by atoms with van der Waals surface area (Å²) >= 11 is 1.18. The number of carboxylic acid groups (broad SMARTS) is 1. The van der Waals surface area contributed by atoms with Crippen LogP contribution in [-0.4, -0.2) is 11.1 Å². The second-order valence-corrected chi connectivity index (χ2v) is 5.05. The van der Waals surface area contributed by atoms with Gasteiger partial charge in [-0.3, -0.25) is 0 Å². The molecule has 1 aromatic heterocycles. The van der Waals surface area contributed by atoms with Crippen molar-refractivity contribution in [2.75, 3.05) is 0 Å². The van der Waals surface area contributed by atoms with E-state index in [4.69, 9.17) is 9.84 Å². The summed E-state index contributed by atoms with van der Waals surface area (Å²) in [5.41, 5.74) is 3.40. The van der Waals surface area contributed by atoms with Crippen molar-refractivity contribution < 1.29 is 14.6 Å². The summed E-state index contributed by atoms with van der Waals surface area (Å²) < 4.78 is 5.59. The number of hydrogen-bond acceptors (Lipinski definition) is 3. The number of aryl methyl sites for hydroxylation is 2. The van der Waals surface area contributed by atoms with Crippen LogP contribution in [0.4, 0.5) is 0 Å². The maximum atomic E-state index is 10.9. The smallest absolute Gasteiger partial charge is 0.349 e. The van der Waals surface area contributed by atoms with Gasteiger partial charge in [-0.25, -0.2) is 4.79 Å². The standard InChI is InChI=1S/C14H14O3S/c1-9-3-4-10(2)11(7-9)8-17-12-5-6-18-13(12)14(15)16/h3-7H,8H2,1-2H3,(H,15,16). The third-order valence-electron chi connectivity index (χ3n) is 2.71. The fourth-order valence-electron chi connectivity index (χ4n) is 1.68. The van der Waals surface area contributed by atoms with Crippen molar-refractivity contribution in [2.45, 2.75) is 20.5 Å². The van der Waals surface area contributed by atoms with E-state index in [-0.39, 0.29) is 4.88 Å². The minimum Gasteiger partial charge on any atom is -0.487 e. The van der Waals surface area contributed by atoms with Crippen LogP contribution >= 0.6 is 11.3 Å². The molecule has 0 saturated carbocycles. The van der Waals surface area contributed by atoms with Crippen molar-refractivity contribution in [1.82, 2.24) is 0 Å². The summed E-state index contributed by atoms with van der Waals surface area (Å²) in [5.74, 6) is -0.505. The van der Waals surface area contributed by atoms with Crippen LogP contribution in [0.25, 0.3) is 0 Å². The highest BCUT2D eigenvalue weighted by molar-refractivity contribution is 7.12. The largest absolute Gasteiger partial charge is 0.487 e. The molecule has 1 aromatic carbocycles. The second kappa shape index (κ2) is 5.23. The van der Waals surface area contributed by atoms with Gasteiger partial charge in [-0.2, -0.15) is 0 Å². The lowest BCUT2D eigenvalue weighted by atomic mass is 10.1. The van der Waals surface area contributed by atoms with Crippen LogP contribution in [0.1, 0.15) is 26.4 Å². The zero-order valence-electron chi connectivity index (χ0n) is 10.3. The van der Waals surface area contributed by atoms with Crippen molar-refractivity contribution >= 4 is 17.3 Å². The predicted octanol–water partition coefficient (Wildman–Crippen LogP) is 3.64. The molecular weight excluding hydrogens is 248 g/mol. The maximum Gasteiger partial charge on any atom is 0.349 e. The lowest BCUT2D eigenvalue weighted by molar-refractivity contribution is 0.0697. The van der Waals surface area contributed by atoms with Gasteiger partial charge in [-0.05, 0) is 36.4 Å². The Kier molecular flexibility index (Phi) is 3.67. The molecule has 4 heteroatoms. The van der Waals surface area contributed by atoms with E-state index < -0.39 is 5.97 Å². The van der Waals surface area contributed by atoms with Crippen LogP contribution < -0.4 is 4.74 Å². The molecule has 0 aliphatic rings. The second-order valence-electron chi connectivity index (χ2n) is 4.14. The molecule has 1 N–H and O–H groups in total. The first kappa shape index (κ1) is 12.6. The lowest BCUT2D eigenvalue weighted by Crippen LogP contribution is -2.01. The fraction of sp³-hybridized carbons (Fsp3) is 0.214. The summed E-state index contributed by atoms with van der Waals surface area (Å²) in [5, 5.41) is 10.7. The number of carboxylic acids is 1. The average Bonchev–Trinajstić information content (AvgIpc) is 2.79. The summed E-state index contributed by atoms with van der Waals surface area (Å²) in [6, 6.07) is 7.84. The quantitative estimate of drug-likeness (QED) is 0.915. The number of ether oxygens (including phenoxy) is 1. The van der Waals surface area contributed by atoms with Crippen LogP contribution in [-0.2, 0) is 6.61 Å². The van der Waals surface area contributed by atoms with Gasteiger partial charge < -0.3 is 9.84 Å². The van der Waals surface area contributed by atoms with Crippen molar-refractivity contribution in [3.05, 3.63) is 51.2 Å². The molecule has 0 atom stereocenters. The Balaban J connectivity index is 2.14. The van der Waals surface area contributed by atoms with Gasteiger partial charge in [-0.1, -0.05) is 23.8 Å². The number of hydrogen-bond donors (Lipinski definition) is 1. The van der Waals surface area contributed by atoms with Gasteiger partial charge in [0.2, 0.25) is 0 Å². The van der Waals surface area contributed by atoms with Gasteiger partial charge in [-0.15, -0.1) is 11.3 Å². The zero-order chi connectivity index (χ0) is 13.1. The van der Waals surface area contributed by atoms with E-state index in [1.807, 2.05) is 26.0 Å². The fourth-order valence-corrected chi connectivity index (χ4v) is 2.35. The summed E-state index contributed by atoms with van der Waals surface area (Å²) in [7, 11) is 0. The third-order valence-corrected chi connectivity index (χ3v) is 3.59. The molecule has 2 aromatic rings. The number of rotatable bonds is 4.